The van der Waals surface area contributed by atoms with Gasteiger partial charge in [0.15, 0.2) is 0 Å². The molecule has 0 aliphatic rings. The summed E-state index contributed by atoms with van der Waals surface area (Å²) >= 11 is 6.14. The van der Waals surface area contributed by atoms with E-state index in [0.717, 1.165) is 34.0 Å². The van der Waals surface area contributed by atoms with Crippen LogP contribution in [0.3, 0.4) is 0 Å². The number of hydrogen-bond donors (Lipinski definition) is 0. The molecule has 2 aromatic rings. The molecule has 0 bridgehead atoms. The molecule has 0 aliphatic heterocycles. The molecule has 1 aromatic carbocycles. The highest BCUT2D eigenvalue weighted by Crippen LogP contribution is 2.21. The van der Waals surface area contributed by atoms with Crippen LogP contribution in [0.1, 0.15) is 29.4 Å². The number of benzene rings is 1. The first-order valence-corrected chi connectivity index (χ1v) is 7.03. The third-order valence-corrected chi connectivity index (χ3v) is 3.30. The fourth-order valence-electron chi connectivity index (χ4n) is 1.78. The second-order valence-corrected chi connectivity index (χ2v) is 4.75. The molecule has 0 atom stereocenters. The number of rotatable bonds is 4. The first kappa shape index (κ1) is 17.1. The van der Waals surface area contributed by atoms with E-state index in [4.69, 9.17) is 11.6 Å². The van der Waals surface area contributed by atoms with E-state index in [0.29, 0.717) is 13.1 Å². The molecule has 1 aromatic heterocycles. The summed E-state index contributed by atoms with van der Waals surface area (Å²) in [5.74, 6) is 0. The maximum absolute atomic E-state index is 9.18. The molecule has 2 rings (SSSR count). The van der Waals surface area contributed by atoms with Gasteiger partial charge in [-0.1, -0.05) is 29.8 Å². The van der Waals surface area contributed by atoms with Gasteiger partial charge in [-0.2, -0.15) is 0 Å². The minimum atomic E-state index is 0.431. The zero-order valence-corrected chi connectivity index (χ0v) is 13.2. The molecule has 0 saturated heterocycles. The molecule has 0 spiro atoms. The van der Waals surface area contributed by atoms with Crippen molar-refractivity contribution in [3.05, 3.63) is 58.1 Å². The van der Waals surface area contributed by atoms with E-state index >= 15 is 0 Å². The molecule has 1 heterocycles. The smallest absolute Gasteiger partial charge is 0.293 e. The fraction of sp³-hybridized carbons (Fsp3) is 0.312. The number of aryl methyl sites for hydroxylation is 2. The lowest BCUT2D eigenvalue weighted by atomic mass is 10.0. The number of nitrogens with zero attached hydrogens (tertiary/aromatic N) is 2. The summed E-state index contributed by atoms with van der Waals surface area (Å²) in [6.07, 6.45) is 2.39. The lowest BCUT2D eigenvalue weighted by Crippen LogP contribution is -2.00. The van der Waals surface area contributed by atoms with Crippen LogP contribution in [0.25, 0.3) is 0 Å². The maximum atomic E-state index is 9.18. The molecular formula is C16H19ClN2O2. The molecule has 5 heteroatoms. The zero-order chi connectivity index (χ0) is 15.7. The van der Waals surface area contributed by atoms with Crippen LogP contribution in [0, 0.1) is 13.8 Å². The lowest BCUT2D eigenvalue weighted by molar-refractivity contribution is -0.128. The highest BCUT2D eigenvalue weighted by molar-refractivity contribution is 6.31. The molecule has 0 unspecified atom stereocenters. The van der Waals surface area contributed by atoms with E-state index < -0.39 is 0 Å². The van der Waals surface area contributed by atoms with Crippen molar-refractivity contribution >= 4 is 18.1 Å². The first-order chi connectivity index (χ1) is 10.1. The standard InChI is InChI=1S/C13H13ClN2.C3H6O2/c1-9-12(10(2)16-8-15-9)7-11-5-3-4-6-13(11)14;1-2-5-3-4/h3-6,8H,7H2,1-2H3;3H,2H2,1H3. The van der Waals surface area contributed by atoms with Gasteiger partial charge in [0.1, 0.15) is 6.33 Å². The molecule has 21 heavy (non-hydrogen) atoms. The molecule has 0 saturated carbocycles. The van der Waals surface area contributed by atoms with E-state index in [2.05, 4.69) is 14.7 Å². The van der Waals surface area contributed by atoms with Crippen molar-refractivity contribution in [1.29, 1.82) is 0 Å². The Hall–Kier alpha value is -1.94. The number of carbonyl (C=O) groups is 1. The van der Waals surface area contributed by atoms with Crippen LogP contribution in [0.5, 0.6) is 0 Å². The van der Waals surface area contributed by atoms with Crippen molar-refractivity contribution in [2.75, 3.05) is 6.61 Å². The van der Waals surface area contributed by atoms with Crippen molar-refractivity contribution in [3.63, 3.8) is 0 Å². The predicted octanol–water partition coefficient (Wildman–Crippen LogP) is 3.52. The normalized spacial score (nSPS) is 9.52. The molecule has 0 aliphatic carbocycles. The first-order valence-electron chi connectivity index (χ1n) is 6.65. The third-order valence-electron chi connectivity index (χ3n) is 2.94. The van der Waals surface area contributed by atoms with Crippen LogP contribution in [0.15, 0.2) is 30.6 Å². The monoisotopic (exact) mass is 306 g/mol. The van der Waals surface area contributed by atoms with Gasteiger partial charge in [0, 0.05) is 22.8 Å². The van der Waals surface area contributed by atoms with Crippen molar-refractivity contribution < 1.29 is 9.53 Å². The van der Waals surface area contributed by atoms with Gasteiger partial charge in [-0.3, -0.25) is 4.79 Å². The molecule has 0 amide bonds. The summed E-state index contributed by atoms with van der Waals surface area (Å²) in [6.45, 7) is 6.67. The largest absolute Gasteiger partial charge is 0.468 e. The molecule has 0 N–H and O–H groups in total. The third kappa shape index (κ3) is 5.52. The molecule has 4 nitrogen and oxygen atoms in total. The SMILES string of the molecule is CCOC=O.Cc1ncnc(C)c1Cc1ccccc1Cl. The van der Waals surface area contributed by atoms with Gasteiger partial charge >= 0.3 is 0 Å². The Bertz CT molecular complexity index is 568. The van der Waals surface area contributed by atoms with E-state index in [9.17, 15) is 4.79 Å². The summed E-state index contributed by atoms with van der Waals surface area (Å²) in [5.41, 5.74) is 4.32. The number of halogens is 1. The quantitative estimate of drug-likeness (QED) is 0.811. The van der Waals surface area contributed by atoms with Crippen LogP contribution in [-0.4, -0.2) is 23.0 Å². The Morgan fingerprint density at radius 1 is 1.19 bits per heavy atom. The predicted molar refractivity (Wildman–Crippen MR) is 83.5 cm³/mol. The van der Waals surface area contributed by atoms with Gasteiger partial charge < -0.3 is 4.74 Å². The fourth-order valence-corrected chi connectivity index (χ4v) is 1.98. The number of carbonyl (C=O) groups excluding carboxylic acids is 1. The van der Waals surface area contributed by atoms with Gasteiger partial charge in [-0.15, -0.1) is 0 Å². The molecule has 0 radical (unpaired) electrons. The van der Waals surface area contributed by atoms with E-state index in [1.165, 1.54) is 0 Å². The second kappa shape index (κ2) is 9.08. The maximum Gasteiger partial charge on any atom is 0.293 e. The minimum absolute atomic E-state index is 0.431. The highest BCUT2D eigenvalue weighted by atomic mass is 35.5. The average Bonchev–Trinajstić information content (AvgIpc) is 2.46. The van der Waals surface area contributed by atoms with Gasteiger partial charge in [-0.05, 0) is 38.0 Å². The minimum Gasteiger partial charge on any atom is -0.468 e. The summed E-state index contributed by atoms with van der Waals surface area (Å²) in [7, 11) is 0. The Balaban J connectivity index is 0.000000383. The molecule has 0 fully saturated rings. The van der Waals surface area contributed by atoms with Crippen molar-refractivity contribution in [3.8, 4) is 0 Å². The van der Waals surface area contributed by atoms with Crippen LogP contribution < -0.4 is 0 Å². The number of ether oxygens (including phenoxy) is 1. The van der Waals surface area contributed by atoms with E-state index in [1.54, 1.807) is 13.3 Å². The van der Waals surface area contributed by atoms with Gasteiger partial charge in [0.2, 0.25) is 0 Å². The molecule has 112 valence electrons. The van der Waals surface area contributed by atoms with Crippen molar-refractivity contribution in [2.45, 2.75) is 27.2 Å². The zero-order valence-electron chi connectivity index (χ0n) is 12.5. The van der Waals surface area contributed by atoms with Crippen LogP contribution in [0.2, 0.25) is 5.02 Å². The van der Waals surface area contributed by atoms with Crippen LogP contribution in [-0.2, 0) is 16.0 Å². The number of hydrogen-bond acceptors (Lipinski definition) is 4. The highest BCUT2D eigenvalue weighted by Gasteiger charge is 2.07. The van der Waals surface area contributed by atoms with Gasteiger partial charge in [0.05, 0.1) is 6.61 Å². The topological polar surface area (TPSA) is 52.1 Å². The van der Waals surface area contributed by atoms with Gasteiger partial charge in [-0.25, -0.2) is 9.97 Å². The Kier molecular flexibility index (Phi) is 7.40. The van der Waals surface area contributed by atoms with E-state index in [1.807, 2.05) is 38.1 Å². The summed E-state index contributed by atoms with van der Waals surface area (Å²) < 4.78 is 4.15. The van der Waals surface area contributed by atoms with Gasteiger partial charge in [0.25, 0.3) is 6.47 Å². The van der Waals surface area contributed by atoms with Crippen LogP contribution in [0.4, 0.5) is 0 Å². The summed E-state index contributed by atoms with van der Waals surface area (Å²) in [5, 5.41) is 0.796. The Labute approximate surface area is 130 Å². The Morgan fingerprint density at radius 3 is 2.29 bits per heavy atom. The second-order valence-electron chi connectivity index (χ2n) is 4.34. The van der Waals surface area contributed by atoms with Crippen molar-refractivity contribution in [2.24, 2.45) is 0 Å². The summed E-state index contributed by atoms with van der Waals surface area (Å²) in [6, 6.07) is 7.88. The van der Waals surface area contributed by atoms with Crippen molar-refractivity contribution in [1.82, 2.24) is 9.97 Å². The number of aromatic nitrogens is 2. The van der Waals surface area contributed by atoms with E-state index in [-0.39, 0.29) is 0 Å². The van der Waals surface area contributed by atoms with Crippen LogP contribution >= 0.6 is 11.6 Å². The lowest BCUT2D eigenvalue weighted by Gasteiger charge is -2.08. The summed E-state index contributed by atoms with van der Waals surface area (Å²) in [4.78, 5) is 17.6. The average molecular weight is 307 g/mol. The molecular weight excluding hydrogens is 288 g/mol. The Morgan fingerprint density at radius 2 is 1.81 bits per heavy atom.